The number of unbranched alkanes of at least 4 members (excludes halogenated alkanes) is 1. The fourth-order valence-electron chi connectivity index (χ4n) is 7.08. The van der Waals surface area contributed by atoms with E-state index in [0.29, 0.717) is 0 Å². The van der Waals surface area contributed by atoms with Crippen molar-refractivity contribution in [3.8, 4) is 0 Å². The molecule has 0 saturated heterocycles. The standard InChI is InChI=1S/C32H62/c1-26(2)14-12-17-27(3)15-6-7-16-28(4)18-13-19-29(5)32(24-30-20-8-9-21-30)25-31-22-10-11-23-31/h26-32H,6-25H2,1-5H3. The van der Waals surface area contributed by atoms with Crippen LogP contribution in [0.5, 0.6) is 0 Å². The van der Waals surface area contributed by atoms with Crippen molar-refractivity contribution < 1.29 is 0 Å². The van der Waals surface area contributed by atoms with Crippen molar-refractivity contribution in [1.82, 2.24) is 0 Å². The first kappa shape index (κ1) is 28.2. The normalized spacial score (nSPS) is 21.1. The van der Waals surface area contributed by atoms with Crippen LogP contribution < -0.4 is 0 Å². The molecule has 3 unspecified atom stereocenters. The lowest BCUT2D eigenvalue weighted by Gasteiger charge is -2.29. The van der Waals surface area contributed by atoms with Crippen molar-refractivity contribution in [2.45, 2.75) is 163 Å². The molecule has 0 aromatic carbocycles. The van der Waals surface area contributed by atoms with Crippen molar-refractivity contribution in [1.29, 1.82) is 0 Å². The largest absolute Gasteiger partial charge is 0.0628 e. The Balaban J connectivity index is 1.57. The molecular formula is C32H62. The van der Waals surface area contributed by atoms with E-state index in [2.05, 4.69) is 34.6 Å². The maximum absolute atomic E-state index is 2.62. The summed E-state index contributed by atoms with van der Waals surface area (Å²) < 4.78 is 0. The molecule has 0 aliphatic heterocycles. The van der Waals surface area contributed by atoms with Gasteiger partial charge in [0.2, 0.25) is 0 Å². The third-order valence-electron chi connectivity index (χ3n) is 9.51. The van der Waals surface area contributed by atoms with Crippen LogP contribution in [0.15, 0.2) is 0 Å². The highest BCUT2D eigenvalue weighted by atomic mass is 14.3. The van der Waals surface area contributed by atoms with Gasteiger partial charge in [0.15, 0.2) is 0 Å². The Labute approximate surface area is 204 Å². The van der Waals surface area contributed by atoms with Crippen molar-refractivity contribution in [2.75, 3.05) is 0 Å². The topological polar surface area (TPSA) is 0 Å². The second-order valence-electron chi connectivity index (χ2n) is 13.3. The van der Waals surface area contributed by atoms with Crippen LogP contribution in [-0.2, 0) is 0 Å². The third-order valence-corrected chi connectivity index (χ3v) is 9.51. The molecule has 32 heavy (non-hydrogen) atoms. The molecule has 2 aliphatic rings. The molecule has 2 saturated carbocycles. The average molecular weight is 447 g/mol. The molecule has 0 N–H and O–H groups in total. The van der Waals surface area contributed by atoms with Gasteiger partial charge in [0, 0.05) is 0 Å². The molecule has 190 valence electrons. The molecule has 0 heteroatoms. The molecular weight excluding hydrogens is 384 g/mol. The first-order chi connectivity index (χ1) is 15.4. The van der Waals surface area contributed by atoms with Crippen LogP contribution in [-0.4, -0.2) is 0 Å². The first-order valence-corrected chi connectivity index (χ1v) is 15.4. The Bertz CT molecular complexity index is 407. The van der Waals surface area contributed by atoms with Gasteiger partial charge in [-0.1, -0.05) is 150 Å². The first-order valence-electron chi connectivity index (χ1n) is 15.4. The van der Waals surface area contributed by atoms with Crippen LogP contribution in [0.4, 0.5) is 0 Å². The van der Waals surface area contributed by atoms with Crippen LogP contribution in [0.2, 0.25) is 0 Å². The van der Waals surface area contributed by atoms with Crippen molar-refractivity contribution in [2.24, 2.45) is 41.4 Å². The third kappa shape index (κ3) is 12.5. The lowest BCUT2D eigenvalue weighted by Crippen LogP contribution is -2.18. The highest BCUT2D eigenvalue weighted by Crippen LogP contribution is 2.40. The minimum Gasteiger partial charge on any atom is -0.0628 e. The Hall–Kier alpha value is 0. The lowest BCUT2D eigenvalue weighted by molar-refractivity contribution is 0.217. The summed E-state index contributed by atoms with van der Waals surface area (Å²) >= 11 is 0. The molecule has 0 heterocycles. The number of hydrogen-bond donors (Lipinski definition) is 0. The molecule has 2 aliphatic carbocycles. The highest BCUT2D eigenvalue weighted by Gasteiger charge is 2.27. The summed E-state index contributed by atoms with van der Waals surface area (Å²) in [6, 6.07) is 0. The highest BCUT2D eigenvalue weighted by molar-refractivity contribution is 4.79. The van der Waals surface area contributed by atoms with Crippen molar-refractivity contribution in [3.05, 3.63) is 0 Å². The molecule has 0 bridgehead atoms. The molecule has 3 atom stereocenters. The van der Waals surface area contributed by atoms with E-state index in [1.807, 2.05) is 0 Å². The minimum absolute atomic E-state index is 0.881. The summed E-state index contributed by atoms with van der Waals surface area (Å²) in [6.45, 7) is 12.4. The minimum atomic E-state index is 0.881. The van der Waals surface area contributed by atoms with Crippen LogP contribution in [0, 0.1) is 41.4 Å². The van der Waals surface area contributed by atoms with E-state index >= 15 is 0 Å². The summed E-state index contributed by atoms with van der Waals surface area (Å²) in [6.07, 6.45) is 30.0. The van der Waals surface area contributed by atoms with Crippen LogP contribution in [0.3, 0.4) is 0 Å². The summed E-state index contributed by atoms with van der Waals surface area (Å²) in [5, 5.41) is 0. The van der Waals surface area contributed by atoms with E-state index in [0.717, 1.165) is 41.4 Å². The summed E-state index contributed by atoms with van der Waals surface area (Å²) in [5.74, 6) is 6.93. The van der Waals surface area contributed by atoms with Gasteiger partial charge in [-0.2, -0.15) is 0 Å². The smallest absolute Gasteiger partial charge is 0.0383 e. The van der Waals surface area contributed by atoms with Gasteiger partial charge in [0.1, 0.15) is 0 Å². The van der Waals surface area contributed by atoms with Crippen molar-refractivity contribution in [3.63, 3.8) is 0 Å². The second-order valence-corrected chi connectivity index (χ2v) is 13.3. The Kier molecular flexibility index (Phi) is 14.6. The quantitative estimate of drug-likeness (QED) is 0.184. The number of rotatable bonds is 18. The van der Waals surface area contributed by atoms with Gasteiger partial charge < -0.3 is 0 Å². The zero-order chi connectivity index (χ0) is 23.2. The maximum Gasteiger partial charge on any atom is -0.0383 e. The van der Waals surface area contributed by atoms with Gasteiger partial charge in [-0.25, -0.2) is 0 Å². The summed E-state index contributed by atoms with van der Waals surface area (Å²) in [4.78, 5) is 0. The van der Waals surface area contributed by atoms with E-state index in [9.17, 15) is 0 Å². The average Bonchev–Trinajstić information content (AvgIpc) is 3.45. The van der Waals surface area contributed by atoms with Crippen LogP contribution in [0.25, 0.3) is 0 Å². The molecule has 0 spiro atoms. The predicted octanol–water partition coefficient (Wildman–Crippen LogP) is 11.2. The Morgan fingerprint density at radius 1 is 0.500 bits per heavy atom. The Morgan fingerprint density at radius 2 is 0.906 bits per heavy atom. The van der Waals surface area contributed by atoms with Crippen LogP contribution >= 0.6 is 0 Å². The van der Waals surface area contributed by atoms with E-state index in [1.54, 1.807) is 38.5 Å². The molecule has 0 aromatic rings. The second kappa shape index (κ2) is 16.6. The molecule has 0 amide bonds. The molecule has 0 radical (unpaired) electrons. The SMILES string of the molecule is CC(C)CCCC(C)CCCCC(C)CCCC(C)C(CC1CCCC1)CC1CCCC1. The molecule has 2 rings (SSSR count). The zero-order valence-corrected chi connectivity index (χ0v) is 23.2. The zero-order valence-electron chi connectivity index (χ0n) is 23.2. The fraction of sp³-hybridized carbons (Fsp3) is 1.00. The fourth-order valence-corrected chi connectivity index (χ4v) is 7.08. The van der Waals surface area contributed by atoms with Gasteiger partial charge >= 0.3 is 0 Å². The van der Waals surface area contributed by atoms with Crippen molar-refractivity contribution >= 4 is 0 Å². The molecule has 0 nitrogen and oxygen atoms in total. The summed E-state index contributed by atoms with van der Waals surface area (Å²) in [7, 11) is 0. The van der Waals surface area contributed by atoms with E-state index in [4.69, 9.17) is 0 Å². The van der Waals surface area contributed by atoms with Gasteiger partial charge in [-0.05, 0) is 54.3 Å². The van der Waals surface area contributed by atoms with Gasteiger partial charge in [-0.15, -0.1) is 0 Å². The summed E-state index contributed by atoms with van der Waals surface area (Å²) in [5.41, 5.74) is 0. The lowest BCUT2D eigenvalue weighted by atomic mass is 9.76. The monoisotopic (exact) mass is 446 g/mol. The van der Waals surface area contributed by atoms with E-state index in [-0.39, 0.29) is 0 Å². The maximum atomic E-state index is 2.62. The van der Waals surface area contributed by atoms with E-state index < -0.39 is 0 Å². The number of hydrogen-bond acceptors (Lipinski definition) is 0. The van der Waals surface area contributed by atoms with Gasteiger partial charge in [-0.3, -0.25) is 0 Å². The molecule has 2 fully saturated rings. The molecule has 0 aromatic heterocycles. The van der Waals surface area contributed by atoms with E-state index in [1.165, 1.54) is 89.9 Å². The Morgan fingerprint density at radius 3 is 1.34 bits per heavy atom. The van der Waals surface area contributed by atoms with Crippen LogP contribution in [0.1, 0.15) is 163 Å². The van der Waals surface area contributed by atoms with Gasteiger partial charge in [0.25, 0.3) is 0 Å². The van der Waals surface area contributed by atoms with Gasteiger partial charge in [0.05, 0.1) is 0 Å². The predicted molar refractivity (Wildman–Crippen MR) is 145 cm³/mol.